The fourth-order valence-corrected chi connectivity index (χ4v) is 3.13. The number of halogens is 3. The van der Waals surface area contributed by atoms with Crippen molar-refractivity contribution in [2.75, 3.05) is 11.6 Å². The second-order valence-electron chi connectivity index (χ2n) is 4.75. The monoisotopic (exact) mass is 290 g/mol. The quantitative estimate of drug-likeness (QED) is 0.903. The Morgan fingerprint density at radius 3 is 2.53 bits per heavy atom. The number of rotatable bonds is 3. The van der Waals surface area contributed by atoms with Crippen LogP contribution >= 0.6 is 11.8 Å². The molecule has 0 aromatic carbocycles. The Morgan fingerprint density at radius 2 is 1.95 bits per heavy atom. The van der Waals surface area contributed by atoms with Crippen LogP contribution in [0.2, 0.25) is 0 Å². The molecule has 0 radical (unpaired) electrons. The van der Waals surface area contributed by atoms with Crippen LogP contribution in [0, 0.1) is 0 Å². The lowest BCUT2D eigenvalue weighted by Gasteiger charge is -2.29. The zero-order chi connectivity index (χ0) is 13.9. The lowest BCUT2D eigenvalue weighted by atomic mass is 9.95. The van der Waals surface area contributed by atoms with Crippen LogP contribution < -0.4 is 5.32 Å². The highest BCUT2D eigenvalue weighted by Gasteiger charge is 2.34. The van der Waals surface area contributed by atoms with Crippen molar-refractivity contribution >= 4 is 17.6 Å². The number of hydrogen-bond donors (Lipinski definition) is 1. The van der Waals surface area contributed by atoms with Crippen molar-refractivity contribution in [2.45, 2.75) is 43.2 Å². The van der Waals surface area contributed by atoms with Gasteiger partial charge in [0, 0.05) is 17.5 Å². The summed E-state index contributed by atoms with van der Waals surface area (Å²) in [6.07, 6.45) is 3.02. The van der Waals surface area contributed by atoms with E-state index in [1.54, 1.807) is 0 Å². The van der Waals surface area contributed by atoms with Gasteiger partial charge in [0.2, 0.25) is 0 Å². The Hall–Kier alpha value is -0.910. The summed E-state index contributed by atoms with van der Waals surface area (Å²) < 4.78 is 38.5. The number of thioether (sulfide) groups is 1. The molecule has 0 atom stereocenters. The maximum Gasteiger partial charge on any atom is 0.419 e. The minimum absolute atomic E-state index is 0.0393. The first-order chi connectivity index (χ1) is 9.00. The van der Waals surface area contributed by atoms with Crippen molar-refractivity contribution in [3.8, 4) is 0 Å². The van der Waals surface area contributed by atoms with E-state index in [9.17, 15) is 13.2 Å². The van der Waals surface area contributed by atoms with Gasteiger partial charge in [-0.05, 0) is 44.1 Å². The topological polar surface area (TPSA) is 24.9 Å². The van der Waals surface area contributed by atoms with Gasteiger partial charge in [0.1, 0.15) is 5.82 Å². The average molecular weight is 290 g/mol. The van der Waals surface area contributed by atoms with Crippen molar-refractivity contribution in [2.24, 2.45) is 0 Å². The lowest BCUT2D eigenvalue weighted by Crippen LogP contribution is -2.28. The van der Waals surface area contributed by atoms with Crippen LogP contribution in [0.15, 0.2) is 18.3 Å². The van der Waals surface area contributed by atoms with Gasteiger partial charge in [0.25, 0.3) is 0 Å². The highest BCUT2D eigenvalue weighted by Crippen LogP contribution is 2.35. The zero-order valence-electron chi connectivity index (χ0n) is 10.7. The zero-order valence-corrected chi connectivity index (χ0v) is 11.5. The van der Waals surface area contributed by atoms with Crippen molar-refractivity contribution in [3.63, 3.8) is 0 Å². The van der Waals surface area contributed by atoms with Crippen molar-refractivity contribution in [1.82, 2.24) is 4.98 Å². The molecule has 1 N–H and O–H groups in total. The number of hydrogen-bond acceptors (Lipinski definition) is 3. The number of alkyl halides is 3. The molecule has 0 saturated heterocycles. The summed E-state index contributed by atoms with van der Waals surface area (Å²) in [5.74, 6) is -0.0393. The normalized spacial score (nSPS) is 24.2. The predicted molar refractivity (Wildman–Crippen MR) is 72.4 cm³/mol. The molecule has 0 bridgehead atoms. The molecule has 106 valence electrons. The molecule has 1 aliphatic rings. The average Bonchev–Trinajstić information content (AvgIpc) is 2.39. The van der Waals surface area contributed by atoms with E-state index in [1.807, 2.05) is 11.8 Å². The van der Waals surface area contributed by atoms with Crippen LogP contribution in [0.1, 0.15) is 31.2 Å². The molecule has 1 heterocycles. The molecule has 0 spiro atoms. The molecule has 1 aromatic rings. The SMILES string of the molecule is CSC1CCC(Nc2ncccc2C(F)(F)F)CC1. The Kier molecular flexibility index (Phi) is 4.60. The maximum atomic E-state index is 12.8. The fourth-order valence-electron chi connectivity index (χ4n) is 2.39. The maximum absolute atomic E-state index is 12.8. The summed E-state index contributed by atoms with van der Waals surface area (Å²) in [6.45, 7) is 0. The van der Waals surface area contributed by atoms with Gasteiger partial charge in [-0.2, -0.15) is 24.9 Å². The number of aromatic nitrogens is 1. The van der Waals surface area contributed by atoms with Crippen LogP contribution in [-0.2, 0) is 6.18 Å². The molecule has 1 aromatic heterocycles. The van der Waals surface area contributed by atoms with E-state index < -0.39 is 11.7 Å². The minimum Gasteiger partial charge on any atom is -0.367 e. The number of pyridine rings is 1. The van der Waals surface area contributed by atoms with E-state index in [1.165, 1.54) is 12.3 Å². The Bertz CT molecular complexity index is 415. The first-order valence-electron chi connectivity index (χ1n) is 6.32. The summed E-state index contributed by atoms with van der Waals surface area (Å²) in [5.41, 5.74) is -0.679. The van der Waals surface area contributed by atoms with E-state index in [-0.39, 0.29) is 11.9 Å². The summed E-state index contributed by atoms with van der Waals surface area (Å²) in [6, 6.07) is 2.49. The van der Waals surface area contributed by atoms with Crippen LogP contribution in [0.4, 0.5) is 19.0 Å². The molecule has 0 amide bonds. The molecule has 19 heavy (non-hydrogen) atoms. The third-order valence-electron chi connectivity index (χ3n) is 3.46. The van der Waals surface area contributed by atoms with E-state index >= 15 is 0 Å². The summed E-state index contributed by atoms with van der Waals surface area (Å²) in [5, 5.41) is 3.60. The van der Waals surface area contributed by atoms with E-state index in [0.29, 0.717) is 5.25 Å². The third-order valence-corrected chi connectivity index (χ3v) is 4.60. The van der Waals surface area contributed by atoms with Crippen LogP contribution in [0.5, 0.6) is 0 Å². The molecule has 1 aliphatic carbocycles. The molecule has 2 nitrogen and oxygen atoms in total. The third kappa shape index (κ3) is 3.78. The highest BCUT2D eigenvalue weighted by atomic mass is 32.2. The van der Waals surface area contributed by atoms with Gasteiger partial charge in [0.05, 0.1) is 5.56 Å². The van der Waals surface area contributed by atoms with Gasteiger partial charge in [-0.1, -0.05) is 0 Å². The Balaban J connectivity index is 2.04. The number of nitrogens with one attached hydrogen (secondary N) is 1. The Morgan fingerprint density at radius 1 is 1.26 bits per heavy atom. The largest absolute Gasteiger partial charge is 0.419 e. The summed E-state index contributed by atoms with van der Waals surface area (Å²) >= 11 is 1.84. The molecule has 0 unspecified atom stereocenters. The molecule has 1 saturated carbocycles. The van der Waals surface area contributed by atoms with E-state index in [4.69, 9.17) is 0 Å². The van der Waals surface area contributed by atoms with Crippen LogP contribution in [0.3, 0.4) is 0 Å². The standard InChI is InChI=1S/C13H17F3N2S/c1-19-10-6-4-9(5-7-10)18-12-11(13(14,15)16)3-2-8-17-12/h2-3,8-10H,4-7H2,1H3,(H,17,18). The summed E-state index contributed by atoms with van der Waals surface area (Å²) in [7, 11) is 0. The number of nitrogens with zero attached hydrogens (tertiary/aromatic N) is 1. The Labute approximate surface area is 115 Å². The first-order valence-corrected chi connectivity index (χ1v) is 7.61. The van der Waals surface area contributed by atoms with Gasteiger partial charge in [0.15, 0.2) is 0 Å². The second kappa shape index (κ2) is 6.03. The smallest absolute Gasteiger partial charge is 0.367 e. The van der Waals surface area contributed by atoms with Gasteiger partial charge in [-0.15, -0.1) is 0 Å². The molecular weight excluding hydrogens is 273 g/mol. The molecule has 0 aliphatic heterocycles. The fraction of sp³-hybridized carbons (Fsp3) is 0.615. The molecular formula is C13H17F3N2S. The van der Waals surface area contributed by atoms with Crippen molar-refractivity contribution < 1.29 is 13.2 Å². The van der Waals surface area contributed by atoms with Gasteiger partial charge < -0.3 is 5.32 Å². The van der Waals surface area contributed by atoms with Gasteiger partial charge >= 0.3 is 6.18 Å². The van der Waals surface area contributed by atoms with Crippen molar-refractivity contribution in [1.29, 1.82) is 0 Å². The van der Waals surface area contributed by atoms with Crippen molar-refractivity contribution in [3.05, 3.63) is 23.9 Å². The lowest BCUT2D eigenvalue weighted by molar-refractivity contribution is -0.137. The van der Waals surface area contributed by atoms with E-state index in [2.05, 4.69) is 16.6 Å². The second-order valence-corrected chi connectivity index (χ2v) is 5.89. The predicted octanol–water partition coefficient (Wildman–Crippen LogP) is 4.19. The van der Waals surface area contributed by atoms with Gasteiger partial charge in [-0.3, -0.25) is 0 Å². The number of anilines is 1. The minimum atomic E-state index is -4.35. The molecule has 1 fully saturated rings. The molecule has 2 rings (SSSR count). The first kappa shape index (κ1) is 14.5. The van der Waals surface area contributed by atoms with E-state index in [0.717, 1.165) is 31.7 Å². The van der Waals surface area contributed by atoms with Crippen LogP contribution in [0.25, 0.3) is 0 Å². The highest BCUT2D eigenvalue weighted by molar-refractivity contribution is 7.99. The van der Waals surface area contributed by atoms with Crippen LogP contribution in [-0.4, -0.2) is 22.5 Å². The summed E-state index contributed by atoms with van der Waals surface area (Å²) in [4.78, 5) is 3.84. The molecule has 6 heteroatoms. The van der Waals surface area contributed by atoms with Gasteiger partial charge in [-0.25, -0.2) is 4.98 Å².